The number of hydrogen-bond acceptors (Lipinski definition) is 5. The number of anilines is 1. The molecule has 0 heterocycles. The number of carbonyl (C=O) groups excluding carboxylic acids is 1. The molecule has 0 aliphatic rings. The van der Waals surface area contributed by atoms with Crippen LogP contribution in [0.25, 0.3) is 0 Å². The van der Waals surface area contributed by atoms with Gasteiger partial charge in [-0.25, -0.2) is 0 Å². The summed E-state index contributed by atoms with van der Waals surface area (Å²) in [5.41, 5.74) is 2.83. The average Bonchev–Trinajstić information content (AvgIpc) is 2.67. The first-order valence-corrected chi connectivity index (χ1v) is 8.81. The Labute approximate surface area is 161 Å². The van der Waals surface area contributed by atoms with Crippen molar-refractivity contribution in [1.29, 1.82) is 0 Å². The highest BCUT2D eigenvalue weighted by Crippen LogP contribution is 2.27. The number of benzene rings is 2. The number of nitrogens with zero attached hydrogens (tertiary/aromatic N) is 2. The van der Waals surface area contributed by atoms with Crippen molar-refractivity contribution in [3.8, 4) is 11.5 Å². The van der Waals surface area contributed by atoms with Crippen LogP contribution in [-0.4, -0.2) is 59.8 Å². The molecule has 0 fully saturated rings. The Morgan fingerprint density at radius 2 is 1.59 bits per heavy atom. The van der Waals surface area contributed by atoms with E-state index in [0.29, 0.717) is 23.6 Å². The van der Waals surface area contributed by atoms with Crippen LogP contribution >= 0.6 is 0 Å². The third-order valence-corrected chi connectivity index (χ3v) is 4.52. The van der Waals surface area contributed by atoms with Crippen molar-refractivity contribution in [1.82, 2.24) is 10.2 Å². The van der Waals surface area contributed by atoms with Crippen molar-refractivity contribution in [2.24, 2.45) is 0 Å². The van der Waals surface area contributed by atoms with Gasteiger partial charge in [-0.3, -0.25) is 4.79 Å². The monoisotopic (exact) mass is 371 g/mol. The Hall–Kier alpha value is -2.73. The molecule has 0 saturated heterocycles. The van der Waals surface area contributed by atoms with E-state index in [2.05, 4.69) is 39.4 Å². The molecule has 2 rings (SSSR count). The van der Waals surface area contributed by atoms with Crippen LogP contribution in [0.15, 0.2) is 42.5 Å². The lowest BCUT2D eigenvalue weighted by atomic mass is 10.0. The van der Waals surface area contributed by atoms with Gasteiger partial charge in [-0.15, -0.1) is 0 Å². The molecule has 6 heteroatoms. The minimum atomic E-state index is -0.146. The lowest BCUT2D eigenvalue weighted by Crippen LogP contribution is -2.34. The maximum Gasteiger partial charge on any atom is 0.251 e. The average molecular weight is 371 g/mol. The van der Waals surface area contributed by atoms with Gasteiger partial charge in [0.25, 0.3) is 5.91 Å². The Bertz CT molecular complexity index is 758. The summed E-state index contributed by atoms with van der Waals surface area (Å²) in [5.74, 6) is 0.988. The van der Waals surface area contributed by atoms with E-state index < -0.39 is 0 Å². The molecule has 27 heavy (non-hydrogen) atoms. The molecule has 2 aromatic rings. The number of nitrogens with one attached hydrogen (secondary N) is 1. The molecule has 1 atom stereocenters. The van der Waals surface area contributed by atoms with Gasteiger partial charge in [0, 0.05) is 31.9 Å². The smallest absolute Gasteiger partial charge is 0.251 e. The van der Waals surface area contributed by atoms with E-state index in [1.54, 1.807) is 32.4 Å². The molecule has 2 aromatic carbocycles. The maximum absolute atomic E-state index is 12.6. The number of methoxy groups -OCH3 is 2. The van der Waals surface area contributed by atoms with Crippen LogP contribution in [0, 0.1) is 0 Å². The van der Waals surface area contributed by atoms with Crippen LogP contribution in [0.5, 0.6) is 11.5 Å². The van der Waals surface area contributed by atoms with Gasteiger partial charge >= 0.3 is 0 Å². The summed E-state index contributed by atoms with van der Waals surface area (Å²) in [6, 6.07) is 13.6. The summed E-state index contributed by atoms with van der Waals surface area (Å²) in [6.07, 6.45) is 0. The summed E-state index contributed by atoms with van der Waals surface area (Å²) < 4.78 is 10.5. The van der Waals surface area contributed by atoms with Crippen molar-refractivity contribution < 1.29 is 14.3 Å². The van der Waals surface area contributed by atoms with E-state index in [1.807, 2.05) is 28.2 Å². The normalized spacial score (nSPS) is 11.8. The number of rotatable bonds is 8. The first-order valence-electron chi connectivity index (χ1n) is 8.81. The first kappa shape index (κ1) is 20.6. The number of ether oxygens (including phenoxy) is 2. The van der Waals surface area contributed by atoms with Gasteiger partial charge in [0.2, 0.25) is 0 Å². The van der Waals surface area contributed by atoms with E-state index in [0.717, 1.165) is 11.3 Å². The van der Waals surface area contributed by atoms with Crippen LogP contribution in [0.3, 0.4) is 0 Å². The summed E-state index contributed by atoms with van der Waals surface area (Å²) in [5, 5.41) is 3.02. The summed E-state index contributed by atoms with van der Waals surface area (Å²) in [6.45, 7) is 0.501. The number of carbonyl (C=O) groups is 1. The summed E-state index contributed by atoms with van der Waals surface area (Å²) in [4.78, 5) is 16.7. The molecular weight excluding hydrogens is 342 g/mol. The zero-order valence-electron chi connectivity index (χ0n) is 16.9. The Kier molecular flexibility index (Phi) is 7.07. The van der Waals surface area contributed by atoms with E-state index in [1.165, 1.54) is 0 Å². The molecule has 0 spiro atoms. The molecule has 1 N–H and O–H groups in total. The predicted molar refractivity (Wildman–Crippen MR) is 109 cm³/mol. The van der Waals surface area contributed by atoms with Crippen molar-refractivity contribution in [2.45, 2.75) is 6.04 Å². The topological polar surface area (TPSA) is 54.0 Å². The zero-order chi connectivity index (χ0) is 20.0. The highest BCUT2D eigenvalue weighted by Gasteiger charge is 2.17. The van der Waals surface area contributed by atoms with E-state index in [4.69, 9.17) is 9.47 Å². The number of amides is 1. The molecular formula is C21H29N3O3. The second-order valence-corrected chi connectivity index (χ2v) is 6.75. The van der Waals surface area contributed by atoms with Gasteiger partial charge in [0.15, 0.2) is 11.5 Å². The van der Waals surface area contributed by atoms with Crippen molar-refractivity contribution >= 4 is 11.6 Å². The van der Waals surface area contributed by atoms with E-state index in [-0.39, 0.29) is 11.9 Å². The molecule has 0 aromatic heterocycles. The Morgan fingerprint density at radius 1 is 0.963 bits per heavy atom. The summed E-state index contributed by atoms with van der Waals surface area (Å²) in [7, 11) is 11.2. The lowest BCUT2D eigenvalue weighted by molar-refractivity contribution is 0.0941. The lowest BCUT2D eigenvalue weighted by Gasteiger charge is -2.26. The van der Waals surface area contributed by atoms with Crippen LogP contribution in [-0.2, 0) is 0 Å². The number of likely N-dealkylation sites (N-methyl/N-ethyl adjacent to an activating group) is 1. The SMILES string of the molecule is COc1ccc(C(=O)NCC(c2ccc(N(C)C)cc2)N(C)C)cc1OC. The van der Waals surface area contributed by atoms with E-state index in [9.17, 15) is 4.79 Å². The molecule has 0 aliphatic heterocycles. The first-order chi connectivity index (χ1) is 12.9. The quantitative estimate of drug-likeness (QED) is 0.773. The zero-order valence-corrected chi connectivity index (χ0v) is 16.9. The predicted octanol–water partition coefficient (Wildman–Crippen LogP) is 2.80. The fourth-order valence-corrected chi connectivity index (χ4v) is 2.86. The molecule has 6 nitrogen and oxygen atoms in total. The fourth-order valence-electron chi connectivity index (χ4n) is 2.86. The molecule has 0 saturated carbocycles. The van der Waals surface area contributed by atoms with Crippen LogP contribution in [0.2, 0.25) is 0 Å². The van der Waals surface area contributed by atoms with Gasteiger partial charge in [0.1, 0.15) is 0 Å². The fraction of sp³-hybridized carbons (Fsp3) is 0.381. The molecule has 1 unspecified atom stereocenters. The molecule has 146 valence electrons. The van der Waals surface area contributed by atoms with Crippen molar-refractivity contribution in [2.75, 3.05) is 53.9 Å². The van der Waals surface area contributed by atoms with Crippen molar-refractivity contribution in [3.05, 3.63) is 53.6 Å². The van der Waals surface area contributed by atoms with Gasteiger partial charge < -0.3 is 24.6 Å². The highest BCUT2D eigenvalue weighted by molar-refractivity contribution is 5.94. The second-order valence-electron chi connectivity index (χ2n) is 6.75. The van der Waals surface area contributed by atoms with Crippen LogP contribution < -0.4 is 19.7 Å². The third-order valence-electron chi connectivity index (χ3n) is 4.52. The minimum Gasteiger partial charge on any atom is -0.493 e. The molecule has 0 bridgehead atoms. The van der Waals surface area contributed by atoms with Crippen LogP contribution in [0.4, 0.5) is 5.69 Å². The molecule has 0 aliphatic carbocycles. The summed E-state index contributed by atoms with van der Waals surface area (Å²) >= 11 is 0. The Morgan fingerprint density at radius 3 is 2.11 bits per heavy atom. The van der Waals surface area contributed by atoms with Crippen molar-refractivity contribution in [3.63, 3.8) is 0 Å². The molecule has 1 amide bonds. The Balaban J connectivity index is 2.10. The minimum absolute atomic E-state index is 0.0744. The van der Waals surface area contributed by atoms with Gasteiger partial charge in [-0.2, -0.15) is 0 Å². The van der Waals surface area contributed by atoms with Gasteiger partial charge in [-0.1, -0.05) is 12.1 Å². The van der Waals surface area contributed by atoms with Gasteiger partial charge in [-0.05, 0) is 50.0 Å². The standard InChI is InChI=1S/C21H29N3O3/c1-23(2)17-10-7-15(8-11-17)18(24(3)4)14-22-21(25)16-9-12-19(26-5)20(13-16)27-6/h7-13,18H,14H2,1-6H3,(H,22,25). The molecule has 0 radical (unpaired) electrons. The highest BCUT2D eigenvalue weighted by atomic mass is 16.5. The van der Waals surface area contributed by atoms with Gasteiger partial charge in [0.05, 0.1) is 20.3 Å². The second kappa shape index (κ2) is 9.28. The largest absolute Gasteiger partial charge is 0.493 e. The maximum atomic E-state index is 12.6. The third kappa shape index (κ3) is 5.14. The number of hydrogen-bond donors (Lipinski definition) is 1. The van der Waals surface area contributed by atoms with E-state index >= 15 is 0 Å². The van der Waals surface area contributed by atoms with Crippen LogP contribution in [0.1, 0.15) is 22.0 Å².